The summed E-state index contributed by atoms with van der Waals surface area (Å²) >= 11 is 2.54. The van der Waals surface area contributed by atoms with E-state index in [1.54, 1.807) is 12.1 Å². The Kier molecular flexibility index (Phi) is 3.82. The van der Waals surface area contributed by atoms with Crippen molar-refractivity contribution in [3.05, 3.63) is 30.1 Å². The van der Waals surface area contributed by atoms with Crippen LogP contribution in [0.25, 0.3) is 0 Å². The summed E-state index contributed by atoms with van der Waals surface area (Å²) in [5, 5.41) is 1.47. The molecule has 0 amide bonds. The second-order valence-corrected chi connectivity index (χ2v) is 11.2. The largest absolute Gasteiger partial charge is 0.207 e. The monoisotopic (exact) mass is 334 g/mol. The Morgan fingerprint density at radius 3 is 2.20 bits per heavy atom. The molecule has 15 heavy (non-hydrogen) atoms. The lowest BCUT2D eigenvalue weighted by Gasteiger charge is -2.34. The van der Waals surface area contributed by atoms with Gasteiger partial charge in [-0.1, -0.05) is 71.3 Å². The molecule has 0 unspecified atom stereocenters. The maximum atomic E-state index is 12.9. The molecule has 0 nitrogen and oxygen atoms in total. The highest BCUT2D eigenvalue weighted by atomic mass is 127. The van der Waals surface area contributed by atoms with Gasteiger partial charge >= 0.3 is 0 Å². The fourth-order valence-corrected chi connectivity index (χ4v) is 10.1. The molecule has 0 saturated carbocycles. The predicted octanol–water partition coefficient (Wildman–Crippen LogP) is 3.64. The first-order chi connectivity index (χ1) is 7.27. The minimum absolute atomic E-state index is 0.104. The van der Waals surface area contributed by atoms with E-state index >= 15 is 0 Å². The van der Waals surface area contributed by atoms with E-state index in [0.717, 1.165) is 0 Å². The highest BCUT2D eigenvalue weighted by molar-refractivity contribution is 14.1. The third-order valence-electron chi connectivity index (χ3n) is 3.52. The van der Waals surface area contributed by atoms with Gasteiger partial charge < -0.3 is 0 Å². The maximum absolute atomic E-state index is 12.9. The number of hydrogen-bond acceptors (Lipinski definition) is 0. The summed E-state index contributed by atoms with van der Waals surface area (Å²) in [6.07, 6.45) is 4.16. The van der Waals surface area contributed by atoms with Crippen molar-refractivity contribution in [2.75, 3.05) is 4.05 Å². The van der Waals surface area contributed by atoms with Gasteiger partial charge in [-0.3, -0.25) is 0 Å². The van der Waals surface area contributed by atoms with Crippen LogP contribution in [0, 0.1) is 5.82 Å². The minimum atomic E-state index is -1.24. The molecule has 0 N–H and O–H groups in total. The Morgan fingerprint density at radius 1 is 1.07 bits per heavy atom. The molecule has 0 radical (unpaired) electrons. The van der Waals surface area contributed by atoms with Crippen LogP contribution in [-0.4, -0.2) is 12.1 Å². The molecular formula is C12H16FISi. The fourth-order valence-electron chi connectivity index (χ4n) is 2.53. The standard InChI is InChI=1S/C12H16FISi/c13-11-4-6-12(7-5-11)15(10-14)8-2-1-3-9-15/h4-7H,1-3,8-10H2. The van der Waals surface area contributed by atoms with E-state index in [4.69, 9.17) is 0 Å². The van der Waals surface area contributed by atoms with E-state index in [9.17, 15) is 4.39 Å². The van der Waals surface area contributed by atoms with Gasteiger partial charge in [-0.2, -0.15) is 0 Å². The second kappa shape index (κ2) is 4.95. The van der Waals surface area contributed by atoms with Crippen LogP contribution in [-0.2, 0) is 0 Å². The van der Waals surface area contributed by atoms with Gasteiger partial charge in [-0.05, 0) is 16.2 Å². The lowest BCUT2D eigenvalue weighted by atomic mass is 10.3. The molecule has 1 saturated heterocycles. The van der Waals surface area contributed by atoms with E-state index in [1.165, 1.54) is 40.6 Å². The summed E-state index contributed by atoms with van der Waals surface area (Å²) in [6.45, 7) is 0. The van der Waals surface area contributed by atoms with Gasteiger partial charge in [-0.25, -0.2) is 4.39 Å². The van der Waals surface area contributed by atoms with Gasteiger partial charge in [0.05, 0.1) is 8.07 Å². The zero-order chi connectivity index (χ0) is 10.7. The summed E-state index contributed by atoms with van der Waals surface area (Å²) in [5.41, 5.74) is 0. The average Bonchev–Trinajstić information content (AvgIpc) is 2.31. The second-order valence-electron chi connectivity index (χ2n) is 4.48. The molecule has 0 spiro atoms. The fraction of sp³-hybridized carbons (Fsp3) is 0.500. The molecule has 3 heteroatoms. The number of alkyl halides is 1. The molecule has 1 aliphatic rings. The van der Waals surface area contributed by atoms with Crippen LogP contribution in [0.2, 0.25) is 12.1 Å². The molecule has 0 aliphatic carbocycles. The number of benzene rings is 1. The van der Waals surface area contributed by atoms with Gasteiger partial charge in [0.15, 0.2) is 0 Å². The zero-order valence-electron chi connectivity index (χ0n) is 8.81. The Hall–Kier alpha value is 0.0969. The van der Waals surface area contributed by atoms with E-state index in [2.05, 4.69) is 22.6 Å². The summed E-state index contributed by atoms with van der Waals surface area (Å²) in [7, 11) is -1.24. The first-order valence-corrected chi connectivity index (χ1v) is 9.74. The van der Waals surface area contributed by atoms with Crippen LogP contribution in [0.3, 0.4) is 0 Å². The number of halogens is 2. The van der Waals surface area contributed by atoms with Crippen LogP contribution in [0.1, 0.15) is 19.3 Å². The number of rotatable bonds is 2. The van der Waals surface area contributed by atoms with Crippen molar-refractivity contribution < 1.29 is 4.39 Å². The van der Waals surface area contributed by atoms with Crippen molar-refractivity contribution in [1.29, 1.82) is 0 Å². The third-order valence-corrected chi connectivity index (χ3v) is 12.6. The van der Waals surface area contributed by atoms with Gasteiger partial charge in [-0.15, -0.1) is 0 Å². The van der Waals surface area contributed by atoms with Gasteiger partial charge in [0.2, 0.25) is 0 Å². The maximum Gasteiger partial charge on any atom is 0.123 e. The van der Waals surface area contributed by atoms with E-state index in [0.29, 0.717) is 0 Å². The number of hydrogen-bond donors (Lipinski definition) is 0. The van der Waals surface area contributed by atoms with Crippen molar-refractivity contribution in [2.45, 2.75) is 31.4 Å². The van der Waals surface area contributed by atoms with Gasteiger partial charge in [0.1, 0.15) is 5.82 Å². The van der Waals surface area contributed by atoms with Crippen molar-refractivity contribution in [2.24, 2.45) is 0 Å². The first kappa shape index (κ1) is 11.6. The van der Waals surface area contributed by atoms with Gasteiger partial charge in [0, 0.05) is 0 Å². The van der Waals surface area contributed by atoms with Crippen molar-refractivity contribution in [3.63, 3.8) is 0 Å². The molecule has 0 bridgehead atoms. The Morgan fingerprint density at radius 2 is 1.67 bits per heavy atom. The van der Waals surface area contributed by atoms with E-state index < -0.39 is 8.07 Å². The highest BCUT2D eigenvalue weighted by Gasteiger charge is 2.35. The van der Waals surface area contributed by atoms with E-state index in [1.807, 2.05) is 12.1 Å². The molecule has 1 fully saturated rings. The third kappa shape index (κ3) is 2.44. The van der Waals surface area contributed by atoms with Gasteiger partial charge in [0.25, 0.3) is 0 Å². The molecule has 82 valence electrons. The lowest BCUT2D eigenvalue weighted by molar-refractivity contribution is 0.628. The smallest absolute Gasteiger partial charge is 0.123 e. The highest BCUT2D eigenvalue weighted by Crippen LogP contribution is 2.29. The molecular weight excluding hydrogens is 318 g/mol. The zero-order valence-corrected chi connectivity index (χ0v) is 12.0. The normalized spacial score (nSPS) is 20.1. The van der Waals surface area contributed by atoms with Crippen LogP contribution in [0.5, 0.6) is 0 Å². The Balaban J connectivity index is 2.28. The first-order valence-electron chi connectivity index (χ1n) is 5.59. The molecule has 0 aromatic heterocycles. The van der Waals surface area contributed by atoms with E-state index in [-0.39, 0.29) is 5.82 Å². The average molecular weight is 334 g/mol. The Labute approximate surface area is 105 Å². The minimum Gasteiger partial charge on any atom is -0.207 e. The molecule has 1 aromatic carbocycles. The molecule has 1 heterocycles. The quantitative estimate of drug-likeness (QED) is 0.440. The van der Waals surface area contributed by atoms with Crippen LogP contribution in [0.4, 0.5) is 4.39 Å². The van der Waals surface area contributed by atoms with Crippen molar-refractivity contribution in [3.8, 4) is 0 Å². The molecule has 1 aliphatic heterocycles. The van der Waals surface area contributed by atoms with Crippen molar-refractivity contribution in [1.82, 2.24) is 0 Å². The molecule has 0 atom stereocenters. The summed E-state index contributed by atoms with van der Waals surface area (Å²) in [6, 6.07) is 10.1. The summed E-state index contributed by atoms with van der Waals surface area (Å²) in [4.78, 5) is 0. The van der Waals surface area contributed by atoms with Crippen LogP contribution in [0.15, 0.2) is 24.3 Å². The van der Waals surface area contributed by atoms with Crippen LogP contribution >= 0.6 is 22.6 Å². The Bertz CT molecular complexity index is 317. The SMILES string of the molecule is Fc1ccc([Si]2(CI)CCCCC2)cc1. The van der Waals surface area contributed by atoms with Crippen LogP contribution < -0.4 is 5.19 Å². The topological polar surface area (TPSA) is 0 Å². The lowest BCUT2D eigenvalue weighted by Crippen LogP contribution is -2.51. The summed E-state index contributed by atoms with van der Waals surface area (Å²) in [5.74, 6) is -0.104. The summed E-state index contributed by atoms with van der Waals surface area (Å²) < 4.78 is 14.2. The molecule has 2 rings (SSSR count). The molecule has 1 aromatic rings. The van der Waals surface area contributed by atoms with Crippen molar-refractivity contribution >= 4 is 35.9 Å². The predicted molar refractivity (Wildman–Crippen MR) is 74.1 cm³/mol.